The van der Waals surface area contributed by atoms with Crippen LogP contribution in [0.5, 0.6) is 17.2 Å². The molecular formula is C14H23NO3. The summed E-state index contributed by atoms with van der Waals surface area (Å²) in [4.78, 5) is 0. The van der Waals surface area contributed by atoms with Gasteiger partial charge in [-0.25, -0.2) is 0 Å². The Balaban J connectivity index is 3.16. The first-order valence-corrected chi connectivity index (χ1v) is 6.15. The summed E-state index contributed by atoms with van der Waals surface area (Å²) >= 11 is 0. The van der Waals surface area contributed by atoms with Crippen LogP contribution < -0.4 is 19.9 Å². The van der Waals surface area contributed by atoms with Crippen LogP contribution in [0.2, 0.25) is 0 Å². The predicted octanol–water partition coefficient (Wildman–Crippen LogP) is 2.38. The zero-order valence-electron chi connectivity index (χ0n) is 11.8. The molecular weight excluding hydrogens is 230 g/mol. The van der Waals surface area contributed by atoms with Gasteiger partial charge in [-0.3, -0.25) is 0 Å². The Kier molecular flexibility index (Phi) is 5.28. The highest BCUT2D eigenvalue weighted by atomic mass is 16.5. The number of hydrogen-bond acceptors (Lipinski definition) is 4. The summed E-state index contributed by atoms with van der Waals surface area (Å²) in [5, 5.41) is 0. The summed E-state index contributed by atoms with van der Waals surface area (Å²) in [6, 6.07) is 3.99. The smallest absolute Gasteiger partial charge is 0.203 e. The Morgan fingerprint density at radius 2 is 1.56 bits per heavy atom. The summed E-state index contributed by atoms with van der Waals surface area (Å²) in [6.45, 7) is 5.90. The van der Waals surface area contributed by atoms with Crippen molar-refractivity contribution in [2.75, 3.05) is 14.2 Å². The monoisotopic (exact) mass is 253 g/mol. The van der Waals surface area contributed by atoms with E-state index < -0.39 is 0 Å². The largest absolute Gasteiger partial charge is 0.493 e. The van der Waals surface area contributed by atoms with Gasteiger partial charge in [0.1, 0.15) is 0 Å². The number of benzene rings is 1. The first kappa shape index (κ1) is 14.6. The summed E-state index contributed by atoms with van der Waals surface area (Å²) in [7, 11) is 3.25. The SMILES string of the molecule is COc1cc(CC(C)N)cc(OC)c1OC(C)C. The maximum Gasteiger partial charge on any atom is 0.203 e. The summed E-state index contributed by atoms with van der Waals surface area (Å²) < 4.78 is 16.5. The number of ether oxygens (including phenoxy) is 3. The van der Waals surface area contributed by atoms with Gasteiger partial charge in [0.15, 0.2) is 11.5 Å². The van der Waals surface area contributed by atoms with Crippen LogP contribution in [0.3, 0.4) is 0 Å². The van der Waals surface area contributed by atoms with Crippen molar-refractivity contribution in [2.24, 2.45) is 5.73 Å². The molecule has 1 aromatic carbocycles. The Morgan fingerprint density at radius 1 is 1.06 bits per heavy atom. The number of nitrogens with two attached hydrogens (primary N) is 1. The molecule has 4 nitrogen and oxygen atoms in total. The zero-order valence-corrected chi connectivity index (χ0v) is 11.8. The Morgan fingerprint density at radius 3 is 1.89 bits per heavy atom. The molecule has 1 aromatic rings. The normalized spacial score (nSPS) is 12.4. The van der Waals surface area contributed by atoms with E-state index >= 15 is 0 Å². The van der Waals surface area contributed by atoms with Crippen LogP contribution in [0.1, 0.15) is 26.3 Å². The Bertz CT molecular complexity index is 364. The average molecular weight is 253 g/mol. The number of rotatable bonds is 6. The third-order valence-electron chi connectivity index (χ3n) is 2.43. The van der Waals surface area contributed by atoms with Crippen molar-refractivity contribution in [1.29, 1.82) is 0 Å². The van der Waals surface area contributed by atoms with E-state index in [-0.39, 0.29) is 12.1 Å². The van der Waals surface area contributed by atoms with Crippen LogP contribution in [0.4, 0.5) is 0 Å². The van der Waals surface area contributed by atoms with Gasteiger partial charge in [-0.15, -0.1) is 0 Å². The molecule has 1 unspecified atom stereocenters. The molecule has 0 spiro atoms. The van der Waals surface area contributed by atoms with Crippen molar-refractivity contribution >= 4 is 0 Å². The van der Waals surface area contributed by atoms with Crippen LogP contribution >= 0.6 is 0 Å². The van der Waals surface area contributed by atoms with Gasteiger partial charge >= 0.3 is 0 Å². The standard InChI is InChI=1S/C14H23NO3/c1-9(2)18-14-12(16-4)7-11(6-10(3)15)8-13(14)17-5/h7-10H,6,15H2,1-5H3. The molecule has 1 rings (SSSR count). The average Bonchev–Trinajstić information content (AvgIpc) is 2.29. The summed E-state index contributed by atoms with van der Waals surface area (Å²) in [5.41, 5.74) is 6.89. The van der Waals surface area contributed by atoms with Crippen molar-refractivity contribution in [1.82, 2.24) is 0 Å². The minimum absolute atomic E-state index is 0.0621. The number of methoxy groups -OCH3 is 2. The molecule has 0 heterocycles. The number of hydrogen-bond donors (Lipinski definition) is 1. The van der Waals surface area contributed by atoms with Crippen molar-refractivity contribution in [3.8, 4) is 17.2 Å². The lowest BCUT2D eigenvalue weighted by Gasteiger charge is -2.18. The highest BCUT2D eigenvalue weighted by Crippen LogP contribution is 2.39. The second kappa shape index (κ2) is 6.50. The molecule has 0 radical (unpaired) electrons. The molecule has 102 valence electrons. The lowest BCUT2D eigenvalue weighted by molar-refractivity contribution is 0.218. The maximum atomic E-state index is 5.81. The second-order valence-corrected chi connectivity index (χ2v) is 4.68. The molecule has 0 aliphatic heterocycles. The van der Waals surface area contributed by atoms with Crippen LogP contribution in [0, 0.1) is 0 Å². The molecule has 0 saturated heterocycles. The fourth-order valence-corrected chi connectivity index (χ4v) is 1.78. The van der Waals surface area contributed by atoms with Gasteiger partial charge in [-0.2, -0.15) is 0 Å². The molecule has 2 N–H and O–H groups in total. The third-order valence-corrected chi connectivity index (χ3v) is 2.43. The Hall–Kier alpha value is -1.42. The van der Waals surface area contributed by atoms with E-state index in [0.29, 0.717) is 17.2 Å². The van der Waals surface area contributed by atoms with E-state index in [1.54, 1.807) is 14.2 Å². The lowest BCUT2D eigenvalue weighted by Crippen LogP contribution is -2.18. The quantitative estimate of drug-likeness (QED) is 0.845. The highest BCUT2D eigenvalue weighted by molar-refractivity contribution is 5.54. The molecule has 0 saturated carbocycles. The molecule has 0 aliphatic rings. The van der Waals surface area contributed by atoms with E-state index in [1.165, 1.54) is 0 Å². The minimum atomic E-state index is 0.0621. The van der Waals surface area contributed by atoms with Gasteiger partial charge < -0.3 is 19.9 Å². The lowest BCUT2D eigenvalue weighted by atomic mass is 10.1. The molecule has 18 heavy (non-hydrogen) atoms. The van der Waals surface area contributed by atoms with Crippen molar-refractivity contribution in [3.05, 3.63) is 17.7 Å². The van der Waals surface area contributed by atoms with Crippen molar-refractivity contribution in [2.45, 2.75) is 39.3 Å². The Labute approximate surface area is 109 Å². The summed E-state index contributed by atoms with van der Waals surface area (Å²) in [5.74, 6) is 2.00. The third kappa shape index (κ3) is 3.81. The van der Waals surface area contributed by atoms with E-state index in [2.05, 4.69) is 0 Å². The van der Waals surface area contributed by atoms with Gasteiger partial charge in [0, 0.05) is 6.04 Å². The fraction of sp³-hybridized carbons (Fsp3) is 0.571. The van der Waals surface area contributed by atoms with Gasteiger partial charge in [-0.1, -0.05) is 0 Å². The second-order valence-electron chi connectivity index (χ2n) is 4.68. The van der Waals surface area contributed by atoms with Crippen LogP contribution in [0.25, 0.3) is 0 Å². The first-order chi connectivity index (χ1) is 8.47. The van der Waals surface area contributed by atoms with Gasteiger partial charge in [0.25, 0.3) is 0 Å². The van der Waals surface area contributed by atoms with E-state index in [4.69, 9.17) is 19.9 Å². The molecule has 0 aliphatic carbocycles. The molecule has 0 amide bonds. The van der Waals surface area contributed by atoms with Gasteiger partial charge in [-0.05, 0) is 44.9 Å². The molecule has 1 atom stereocenters. The summed E-state index contributed by atoms with van der Waals surface area (Å²) in [6.07, 6.45) is 0.835. The molecule has 0 bridgehead atoms. The predicted molar refractivity (Wildman–Crippen MR) is 72.7 cm³/mol. The highest BCUT2D eigenvalue weighted by Gasteiger charge is 2.15. The molecule has 0 aromatic heterocycles. The topological polar surface area (TPSA) is 53.7 Å². The van der Waals surface area contributed by atoms with E-state index in [1.807, 2.05) is 32.9 Å². The minimum Gasteiger partial charge on any atom is -0.493 e. The fourth-order valence-electron chi connectivity index (χ4n) is 1.78. The van der Waals surface area contributed by atoms with E-state index in [0.717, 1.165) is 12.0 Å². The van der Waals surface area contributed by atoms with Crippen molar-refractivity contribution in [3.63, 3.8) is 0 Å². The van der Waals surface area contributed by atoms with Crippen LogP contribution in [-0.2, 0) is 6.42 Å². The van der Waals surface area contributed by atoms with E-state index in [9.17, 15) is 0 Å². The molecule has 4 heteroatoms. The maximum absolute atomic E-state index is 5.81. The zero-order chi connectivity index (χ0) is 13.7. The van der Waals surface area contributed by atoms with Gasteiger partial charge in [0.05, 0.1) is 20.3 Å². The van der Waals surface area contributed by atoms with Crippen molar-refractivity contribution < 1.29 is 14.2 Å². The van der Waals surface area contributed by atoms with Gasteiger partial charge in [0.2, 0.25) is 5.75 Å². The van der Waals surface area contributed by atoms with Crippen LogP contribution in [-0.4, -0.2) is 26.4 Å². The first-order valence-electron chi connectivity index (χ1n) is 6.15. The van der Waals surface area contributed by atoms with Crippen LogP contribution in [0.15, 0.2) is 12.1 Å². The molecule has 0 fully saturated rings.